The van der Waals surface area contributed by atoms with E-state index in [4.69, 9.17) is 4.74 Å². The lowest BCUT2D eigenvalue weighted by molar-refractivity contribution is -0.127. The molecule has 2 aliphatic rings. The molecule has 0 aliphatic carbocycles. The summed E-state index contributed by atoms with van der Waals surface area (Å²) in [6.45, 7) is 8.48. The minimum absolute atomic E-state index is 0.0684. The van der Waals surface area contributed by atoms with Gasteiger partial charge in [-0.1, -0.05) is 17.7 Å². The summed E-state index contributed by atoms with van der Waals surface area (Å²) in [5.74, 6) is 0.503. The molecule has 1 aromatic rings. The van der Waals surface area contributed by atoms with Gasteiger partial charge >= 0.3 is 0 Å². The molecule has 1 fully saturated rings. The van der Waals surface area contributed by atoms with Crippen LogP contribution in [0.4, 0.5) is 0 Å². The van der Waals surface area contributed by atoms with Gasteiger partial charge in [-0.3, -0.25) is 4.79 Å². The molecule has 0 bridgehead atoms. The van der Waals surface area contributed by atoms with E-state index < -0.39 is 10.0 Å². The van der Waals surface area contributed by atoms with Crippen molar-refractivity contribution in [3.63, 3.8) is 0 Å². The summed E-state index contributed by atoms with van der Waals surface area (Å²) >= 11 is 0. The van der Waals surface area contributed by atoms with E-state index in [1.54, 1.807) is 6.92 Å². The lowest BCUT2D eigenvalue weighted by Crippen LogP contribution is -2.48. The molecule has 27 heavy (non-hydrogen) atoms. The molecule has 1 N–H and O–H groups in total. The van der Waals surface area contributed by atoms with Crippen molar-refractivity contribution >= 4 is 15.9 Å². The highest BCUT2D eigenvalue weighted by molar-refractivity contribution is 7.89. The predicted molar refractivity (Wildman–Crippen MR) is 105 cm³/mol. The lowest BCUT2D eigenvalue weighted by Gasteiger charge is -2.39. The molecule has 1 amide bonds. The van der Waals surface area contributed by atoms with Crippen LogP contribution in [0, 0.1) is 12.8 Å². The number of nitrogens with zero attached hydrogens (tertiary/aromatic N) is 1. The number of carbonyl (C=O) groups is 1. The Bertz CT molecular complexity index is 819. The Morgan fingerprint density at radius 1 is 1.37 bits per heavy atom. The summed E-state index contributed by atoms with van der Waals surface area (Å²) in [5.41, 5.74) is 1.75. The third-order valence-electron chi connectivity index (χ3n) is 5.45. The number of nitrogens with one attached hydrogen (secondary N) is 1. The van der Waals surface area contributed by atoms with Crippen LogP contribution in [0.25, 0.3) is 0 Å². The summed E-state index contributed by atoms with van der Waals surface area (Å²) in [7, 11) is -3.26. The largest absolute Gasteiger partial charge is 0.487 e. The number of rotatable bonds is 4. The first kappa shape index (κ1) is 20.1. The monoisotopic (exact) mass is 394 g/mol. The van der Waals surface area contributed by atoms with Crippen LogP contribution in [0.15, 0.2) is 18.2 Å². The Kier molecular flexibility index (Phi) is 5.54. The van der Waals surface area contributed by atoms with Gasteiger partial charge in [0, 0.05) is 25.1 Å². The molecule has 0 spiro atoms. The van der Waals surface area contributed by atoms with Gasteiger partial charge in [-0.15, -0.1) is 0 Å². The molecule has 0 radical (unpaired) electrons. The first-order chi connectivity index (χ1) is 12.6. The van der Waals surface area contributed by atoms with E-state index in [2.05, 4.69) is 11.4 Å². The van der Waals surface area contributed by atoms with Gasteiger partial charge < -0.3 is 10.1 Å². The van der Waals surface area contributed by atoms with E-state index in [-0.39, 0.29) is 35.8 Å². The average Bonchev–Trinajstić information content (AvgIpc) is 2.61. The van der Waals surface area contributed by atoms with Crippen LogP contribution in [0.2, 0.25) is 0 Å². The van der Waals surface area contributed by atoms with Crippen molar-refractivity contribution in [2.45, 2.75) is 58.6 Å². The van der Waals surface area contributed by atoms with Crippen LogP contribution in [0.3, 0.4) is 0 Å². The summed E-state index contributed by atoms with van der Waals surface area (Å²) < 4.78 is 31.9. The van der Waals surface area contributed by atoms with E-state index in [9.17, 15) is 13.2 Å². The molecule has 0 unspecified atom stereocenters. The fourth-order valence-corrected chi connectivity index (χ4v) is 5.16. The first-order valence-electron chi connectivity index (χ1n) is 9.69. The van der Waals surface area contributed by atoms with Gasteiger partial charge in [0.25, 0.3) is 0 Å². The molecular formula is C20H30N2O4S. The number of hydrogen-bond acceptors (Lipinski definition) is 4. The fourth-order valence-electron chi connectivity index (χ4n) is 3.98. The number of hydrogen-bond donors (Lipinski definition) is 1. The minimum Gasteiger partial charge on any atom is -0.487 e. The topological polar surface area (TPSA) is 75.7 Å². The predicted octanol–water partition coefficient (Wildman–Crippen LogP) is 2.78. The Balaban J connectivity index is 1.77. The van der Waals surface area contributed by atoms with Gasteiger partial charge in [-0.05, 0) is 46.6 Å². The van der Waals surface area contributed by atoms with E-state index >= 15 is 0 Å². The van der Waals surface area contributed by atoms with Crippen molar-refractivity contribution in [3.05, 3.63) is 29.3 Å². The Morgan fingerprint density at radius 2 is 2.11 bits per heavy atom. The van der Waals surface area contributed by atoms with E-state index in [0.717, 1.165) is 23.3 Å². The second-order valence-electron chi connectivity index (χ2n) is 8.27. The van der Waals surface area contributed by atoms with Crippen LogP contribution < -0.4 is 10.1 Å². The van der Waals surface area contributed by atoms with Gasteiger partial charge in [-0.2, -0.15) is 0 Å². The maximum absolute atomic E-state index is 13.0. The van der Waals surface area contributed by atoms with Gasteiger partial charge in [0.1, 0.15) is 11.4 Å². The molecule has 0 saturated carbocycles. The second-order valence-corrected chi connectivity index (χ2v) is 10.5. The number of piperidine rings is 1. The molecule has 2 atom stereocenters. The van der Waals surface area contributed by atoms with Gasteiger partial charge in [0.2, 0.25) is 15.9 Å². The number of fused-ring (bicyclic) bond motifs is 1. The fraction of sp³-hybridized carbons (Fsp3) is 0.650. The van der Waals surface area contributed by atoms with E-state index in [1.807, 2.05) is 32.9 Å². The molecule has 1 saturated heterocycles. The second kappa shape index (κ2) is 7.43. The molecule has 2 aliphatic heterocycles. The normalized spacial score (nSPS) is 25.3. The van der Waals surface area contributed by atoms with Gasteiger partial charge in [-0.25, -0.2) is 12.7 Å². The van der Waals surface area contributed by atoms with E-state index in [1.165, 1.54) is 4.31 Å². The number of benzene rings is 1. The maximum Gasteiger partial charge on any atom is 0.224 e. The van der Waals surface area contributed by atoms with Crippen LogP contribution >= 0.6 is 0 Å². The van der Waals surface area contributed by atoms with Gasteiger partial charge in [0.05, 0.1) is 17.7 Å². The standard InChI is InChI=1S/C20H30N2O4S/c1-5-27(24,25)22-10-6-7-15(13-22)19(23)21-17-12-20(3,4)26-18-9-8-14(2)11-16(17)18/h8-9,11,15,17H,5-7,10,12-13H2,1-4H3,(H,21,23)/t15-,17-/m1/s1. The number of aryl methyl sites for hydroxylation is 1. The third-order valence-corrected chi connectivity index (χ3v) is 7.30. The van der Waals surface area contributed by atoms with Crippen molar-refractivity contribution in [1.29, 1.82) is 0 Å². The number of amides is 1. The third kappa shape index (κ3) is 4.46. The molecule has 2 heterocycles. The highest BCUT2D eigenvalue weighted by atomic mass is 32.2. The molecular weight excluding hydrogens is 364 g/mol. The van der Waals surface area contributed by atoms with Crippen molar-refractivity contribution in [2.24, 2.45) is 5.92 Å². The van der Waals surface area contributed by atoms with Crippen LogP contribution in [-0.4, -0.2) is 43.1 Å². The molecule has 1 aromatic carbocycles. The van der Waals surface area contributed by atoms with Gasteiger partial charge in [0.15, 0.2) is 0 Å². The zero-order valence-corrected chi connectivity index (χ0v) is 17.4. The molecule has 150 valence electrons. The first-order valence-corrected chi connectivity index (χ1v) is 11.3. The van der Waals surface area contributed by atoms with Crippen LogP contribution in [-0.2, 0) is 14.8 Å². The maximum atomic E-state index is 13.0. The zero-order chi connectivity index (χ0) is 19.8. The lowest BCUT2D eigenvalue weighted by atomic mass is 9.88. The molecule has 6 nitrogen and oxygen atoms in total. The minimum atomic E-state index is -3.26. The highest BCUT2D eigenvalue weighted by Crippen LogP contribution is 2.40. The summed E-state index contributed by atoms with van der Waals surface area (Å²) in [6.07, 6.45) is 2.11. The average molecular weight is 395 g/mol. The van der Waals surface area contributed by atoms with Crippen molar-refractivity contribution < 1.29 is 17.9 Å². The highest BCUT2D eigenvalue weighted by Gasteiger charge is 2.37. The number of ether oxygens (including phenoxy) is 1. The zero-order valence-electron chi connectivity index (χ0n) is 16.6. The molecule has 0 aromatic heterocycles. The quantitative estimate of drug-likeness (QED) is 0.852. The molecule has 3 rings (SSSR count). The Labute approximate surface area is 162 Å². The van der Waals surface area contributed by atoms with Crippen molar-refractivity contribution in [2.75, 3.05) is 18.8 Å². The smallest absolute Gasteiger partial charge is 0.224 e. The van der Waals surface area contributed by atoms with Crippen LogP contribution in [0.5, 0.6) is 5.75 Å². The van der Waals surface area contributed by atoms with Crippen LogP contribution in [0.1, 0.15) is 57.2 Å². The SMILES string of the molecule is CCS(=O)(=O)N1CCC[C@@H](C(=O)N[C@@H]2CC(C)(C)Oc3ccc(C)cc32)C1. The number of carbonyl (C=O) groups excluding carboxylic acids is 1. The van der Waals surface area contributed by atoms with E-state index in [0.29, 0.717) is 19.4 Å². The number of sulfonamides is 1. The van der Waals surface area contributed by atoms with Crippen molar-refractivity contribution in [1.82, 2.24) is 9.62 Å². The summed E-state index contributed by atoms with van der Waals surface area (Å²) in [6, 6.07) is 5.90. The summed E-state index contributed by atoms with van der Waals surface area (Å²) in [4.78, 5) is 13.0. The Morgan fingerprint density at radius 3 is 2.81 bits per heavy atom. The van der Waals surface area contributed by atoms with Crippen molar-refractivity contribution in [3.8, 4) is 5.75 Å². The Hall–Kier alpha value is -1.60. The molecule has 7 heteroatoms. The summed E-state index contributed by atoms with van der Waals surface area (Å²) in [5, 5.41) is 3.18.